The van der Waals surface area contributed by atoms with E-state index in [4.69, 9.17) is 4.74 Å². The summed E-state index contributed by atoms with van der Waals surface area (Å²) in [6.07, 6.45) is 21.9. The number of benzene rings is 1. The zero-order valence-corrected chi connectivity index (χ0v) is 28.4. The number of esters is 1. The predicted molar refractivity (Wildman–Crippen MR) is 180 cm³/mol. The summed E-state index contributed by atoms with van der Waals surface area (Å²) in [4.78, 5) is 12.9. The lowest BCUT2D eigenvalue weighted by atomic mass is 9.34. The molecule has 3 nitrogen and oxygen atoms in total. The van der Waals surface area contributed by atoms with Crippen LogP contribution in [0.2, 0.25) is 0 Å². The van der Waals surface area contributed by atoms with E-state index in [1.54, 1.807) is 5.57 Å². The predicted octanol–water partition coefficient (Wildman–Crippen LogP) is 9.82. The third kappa shape index (κ3) is 4.64. The van der Waals surface area contributed by atoms with Gasteiger partial charge in [-0.25, -0.2) is 0 Å². The maximum Gasteiger partial charge on any atom is 0.309 e. The van der Waals surface area contributed by atoms with E-state index in [2.05, 4.69) is 52.1 Å². The van der Waals surface area contributed by atoms with E-state index >= 15 is 0 Å². The molecule has 240 valence electrons. The molecule has 10 atom stereocenters. The molecule has 0 spiro atoms. The number of ether oxygens (including phenoxy) is 1. The van der Waals surface area contributed by atoms with Gasteiger partial charge in [0.25, 0.3) is 0 Å². The highest BCUT2D eigenvalue weighted by Crippen LogP contribution is 2.75. The average Bonchev–Trinajstić information content (AvgIpc) is 3.45. The minimum Gasteiger partial charge on any atom is -0.461 e. The number of nitrogens with one attached hydrogen (secondary N) is 1. The summed E-state index contributed by atoms with van der Waals surface area (Å²) in [5, 5.41) is 4.07. The molecule has 8 unspecified atom stereocenters. The molecule has 6 aliphatic carbocycles. The van der Waals surface area contributed by atoms with E-state index in [9.17, 15) is 4.79 Å². The maximum atomic E-state index is 12.9. The number of rotatable bonds is 6. The van der Waals surface area contributed by atoms with Crippen LogP contribution in [-0.4, -0.2) is 18.1 Å². The van der Waals surface area contributed by atoms with E-state index in [1.165, 1.54) is 69.8 Å². The van der Waals surface area contributed by atoms with Gasteiger partial charge in [0.1, 0.15) is 6.61 Å². The van der Waals surface area contributed by atoms with Crippen molar-refractivity contribution in [2.45, 2.75) is 130 Å². The van der Waals surface area contributed by atoms with Crippen molar-refractivity contribution in [1.82, 2.24) is 5.32 Å². The molecule has 44 heavy (non-hydrogen) atoms. The number of fused-ring (bicyclic) bond motifs is 7. The average molecular weight is 598 g/mol. The highest BCUT2D eigenvalue weighted by molar-refractivity contribution is 5.73. The Labute approximate surface area is 268 Å². The van der Waals surface area contributed by atoms with Crippen LogP contribution in [0, 0.1) is 51.8 Å². The third-order valence-electron chi connectivity index (χ3n) is 15.4. The Morgan fingerprint density at radius 2 is 1.70 bits per heavy atom. The smallest absolute Gasteiger partial charge is 0.309 e. The monoisotopic (exact) mass is 597 g/mol. The summed E-state index contributed by atoms with van der Waals surface area (Å²) in [5.74, 6) is 3.96. The van der Waals surface area contributed by atoms with Gasteiger partial charge in [-0.2, -0.15) is 0 Å². The van der Waals surface area contributed by atoms with E-state index in [0.29, 0.717) is 34.3 Å². The van der Waals surface area contributed by atoms with Crippen molar-refractivity contribution in [2.24, 2.45) is 51.8 Å². The number of hydrogen-bond acceptors (Lipinski definition) is 3. The maximum absolute atomic E-state index is 12.9. The molecule has 0 bridgehead atoms. The molecule has 0 heterocycles. The second kappa shape index (κ2) is 11.4. The van der Waals surface area contributed by atoms with Crippen LogP contribution >= 0.6 is 0 Å². The van der Waals surface area contributed by atoms with Gasteiger partial charge in [0.05, 0.1) is 5.92 Å². The molecule has 0 saturated heterocycles. The highest BCUT2D eigenvalue weighted by Gasteiger charge is 2.68. The fraction of sp³-hybridized carbons (Fsp3) is 0.732. The number of hydrogen-bond donors (Lipinski definition) is 1. The number of carbonyl (C=O) groups excluding carboxylic acids is 1. The lowest BCUT2D eigenvalue weighted by molar-refractivity contribution is -0.212. The topological polar surface area (TPSA) is 38.3 Å². The highest BCUT2D eigenvalue weighted by atomic mass is 16.5. The van der Waals surface area contributed by atoms with Crippen molar-refractivity contribution in [3.8, 4) is 0 Å². The van der Waals surface area contributed by atoms with Gasteiger partial charge >= 0.3 is 5.97 Å². The van der Waals surface area contributed by atoms with E-state index in [-0.39, 0.29) is 11.9 Å². The molecule has 6 aliphatic rings. The Morgan fingerprint density at radius 3 is 2.45 bits per heavy atom. The van der Waals surface area contributed by atoms with Gasteiger partial charge in [-0.1, -0.05) is 83.5 Å². The Kier molecular flexibility index (Phi) is 7.99. The summed E-state index contributed by atoms with van der Waals surface area (Å²) in [5.41, 5.74) is 5.97. The van der Waals surface area contributed by atoms with Crippen LogP contribution in [0.15, 0.2) is 53.6 Å². The van der Waals surface area contributed by atoms with Gasteiger partial charge in [0, 0.05) is 5.54 Å². The molecular formula is C41H59NO2. The number of carbonyl (C=O) groups is 1. The molecule has 0 aromatic heterocycles. The van der Waals surface area contributed by atoms with Crippen molar-refractivity contribution in [3.05, 3.63) is 59.2 Å². The zero-order chi connectivity index (χ0) is 30.7. The van der Waals surface area contributed by atoms with Crippen LogP contribution in [0.3, 0.4) is 0 Å². The Bertz CT molecular complexity index is 1300. The van der Waals surface area contributed by atoms with Crippen LogP contribution in [0.1, 0.15) is 124 Å². The van der Waals surface area contributed by atoms with Crippen molar-refractivity contribution in [3.63, 3.8) is 0 Å². The molecule has 3 heteroatoms. The molecule has 1 N–H and O–H groups in total. The first-order chi connectivity index (χ1) is 21.2. The number of allylic oxidation sites excluding steroid dienone is 4. The zero-order valence-electron chi connectivity index (χ0n) is 28.4. The molecule has 1 aromatic carbocycles. The van der Waals surface area contributed by atoms with Crippen LogP contribution in [0.25, 0.3) is 0 Å². The van der Waals surface area contributed by atoms with Crippen molar-refractivity contribution >= 4 is 5.97 Å². The Balaban J connectivity index is 1.06. The minimum atomic E-state index is -0.0268. The first kappa shape index (κ1) is 30.8. The van der Waals surface area contributed by atoms with Crippen LogP contribution in [-0.2, 0) is 16.1 Å². The van der Waals surface area contributed by atoms with Gasteiger partial charge < -0.3 is 10.1 Å². The second-order valence-corrected chi connectivity index (χ2v) is 16.9. The first-order valence-electron chi connectivity index (χ1n) is 18.5. The van der Waals surface area contributed by atoms with Crippen molar-refractivity contribution < 1.29 is 9.53 Å². The Morgan fingerprint density at radius 1 is 0.886 bits per heavy atom. The Hall–Kier alpha value is -1.87. The van der Waals surface area contributed by atoms with Gasteiger partial charge in [-0.15, -0.1) is 0 Å². The summed E-state index contributed by atoms with van der Waals surface area (Å²) >= 11 is 0. The summed E-state index contributed by atoms with van der Waals surface area (Å²) in [7, 11) is 0. The van der Waals surface area contributed by atoms with Crippen LogP contribution < -0.4 is 5.32 Å². The minimum absolute atomic E-state index is 0.000152. The van der Waals surface area contributed by atoms with Gasteiger partial charge in [-0.3, -0.25) is 4.79 Å². The molecule has 0 radical (unpaired) electrons. The summed E-state index contributed by atoms with van der Waals surface area (Å²) < 4.78 is 5.71. The molecule has 0 aliphatic heterocycles. The molecule has 4 saturated carbocycles. The fourth-order valence-corrected chi connectivity index (χ4v) is 13.0. The standard InChI is InChI=1S/C41H59NO2/c1-6-42-41-22-10-13-35(41)34-18-19-36-38(3)23-20-32(28(2)33(38)21-24-40(36,5)39(34,4)25-26-41)30-14-16-31(17-15-30)37(43)44-27-29-11-8-7-9-12-29/h7-9,11-12,14,20,28,31,33-36,42H,6,10,13,15-19,21-27H2,1-5H3/t28?,31?,33?,34?,35-,36?,38?,39-,40?,41?/m1/s1. The molecule has 0 amide bonds. The van der Waals surface area contributed by atoms with Gasteiger partial charge in [0.2, 0.25) is 0 Å². The fourth-order valence-electron chi connectivity index (χ4n) is 13.0. The molecule has 7 rings (SSSR count). The van der Waals surface area contributed by atoms with Gasteiger partial charge in [0.15, 0.2) is 0 Å². The van der Waals surface area contributed by atoms with Crippen LogP contribution in [0.4, 0.5) is 0 Å². The van der Waals surface area contributed by atoms with E-state index in [0.717, 1.165) is 55.0 Å². The molecule has 4 fully saturated rings. The third-order valence-corrected chi connectivity index (χ3v) is 15.4. The normalized spacial score (nSPS) is 44.8. The SMILES string of the molecule is CCNC12CCC[C@@H]1C1CCC3C4(C)CC=C(C5=CCC(C(=O)OCc6ccccc6)CC5)C(C)C4CCC3(C)[C@]1(C)CC2. The lowest BCUT2D eigenvalue weighted by Gasteiger charge is -2.71. The lowest BCUT2D eigenvalue weighted by Crippen LogP contribution is -2.66. The van der Waals surface area contributed by atoms with E-state index in [1.807, 2.05) is 30.3 Å². The molecule has 1 aromatic rings. The summed E-state index contributed by atoms with van der Waals surface area (Å²) in [6.45, 7) is 14.6. The largest absolute Gasteiger partial charge is 0.461 e. The quantitative estimate of drug-likeness (QED) is 0.332. The summed E-state index contributed by atoms with van der Waals surface area (Å²) in [6, 6.07) is 10.1. The molecular weight excluding hydrogens is 538 g/mol. The van der Waals surface area contributed by atoms with E-state index < -0.39 is 0 Å². The van der Waals surface area contributed by atoms with Crippen molar-refractivity contribution in [2.75, 3.05) is 6.54 Å². The first-order valence-corrected chi connectivity index (χ1v) is 18.5. The second-order valence-electron chi connectivity index (χ2n) is 16.9. The van der Waals surface area contributed by atoms with Crippen molar-refractivity contribution in [1.29, 1.82) is 0 Å². The van der Waals surface area contributed by atoms with Gasteiger partial charge in [-0.05, 0) is 146 Å². The van der Waals surface area contributed by atoms with Crippen LogP contribution in [0.5, 0.6) is 0 Å².